The summed E-state index contributed by atoms with van der Waals surface area (Å²) < 4.78 is 0. The van der Waals surface area contributed by atoms with Crippen molar-refractivity contribution in [2.75, 3.05) is 5.32 Å². The number of aromatic nitrogens is 1. The molecule has 0 fully saturated rings. The molecule has 0 spiro atoms. The number of anilines is 1. The van der Waals surface area contributed by atoms with Crippen LogP contribution in [0.4, 0.5) is 5.82 Å². The molecule has 0 bridgehead atoms. The van der Waals surface area contributed by atoms with Crippen molar-refractivity contribution in [1.82, 2.24) is 4.98 Å². The molecule has 2 aromatic rings. The monoisotopic (exact) mass is 216 g/mol. The van der Waals surface area contributed by atoms with E-state index in [1.807, 2.05) is 0 Å². The lowest BCUT2D eigenvalue weighted by atomic mass is 10.1. The van der Waals surface area contributed by atoms with E-state index >= 15 is 0 Å². The number of amides is 1. The summed E-state index contributed by atoms with van der Waals surface area (Å²) in [5.74, 6) is 0.407. The predicted molar refractivity (Wildman–Crippen MR) is 61.1 cm³/mol. The van der Waals surface area contributed by atoms with Crippen molar-refractivity contribution in [3.8, 4) is 0 Å². The molecule has 0 saturated heterocycles. The van der Waals surface area contributed by atoms with E-state index in [-0.39, 0.29) is 12.5 Å². The van der Waals surface area contributed by atoms with Crippen LogP contribution in [-0.4, -0.2) is 16.0 Å². The zero-order chi connectivity index (χ0) is 11.4. The Kier molecular flexibility index (Phi) is 3.03. The van der Waals surface area contributed by atoms with E-state index in [4.69, 9.17) is 5.11 Å². The molecule has 4 heteroatoms. The van der Waals surface area contributed by atoms with Crippen LogP contribution < -0.4 is 5.32 Å². The highest BCUT2D eigenvalue weighted by Crippen LogP contribution is 2.11. The first-order valence-corrected chi connectivity index (χ1v) is 4.95. The molecule has 0 aliphatic carbocycles. The minimum Gasteiger partial charge on any atom is -0.392 e. The van der Waals surface area contributed by atoms with Gasteiger partial charge in [-0.3, -0.25) is 4.79 Å². The topological polar surface area (TPSA) is 65.1 Å². The Hall–Kier alpha value is -2.07. The van der Waals surface area contributed by atoms with Gasteiger partial charge in [-0.15, -0.1) is 0 Å². The first kappa shape index (κ1) is 10.4. The van der Waals surface area contributed by atoms with E-state index in [0.717, 1.165) is 0 Å². The van der Waals surface area contributed by atoms with Gasteiger partial charge in [0.2, 0.25) is 0 Å². The molecule has 0 saturated carbocycles. The maximum Gasteiger partial charge on any atom is 0.257 e. The standard InChI is InChI=1S/C12H12N2O2/c15-8-9-4-1-2-5-10(9)12(16)14-11-6-3-7-13-11/h1-7,13,15H,8H2,(H,14,16). The van der Waals surface area contributed by atoms with Crippen molar-refractivity contribution in [2.45, 2.75) is 6.61 Å². The van der Waals surface area contributed by atoms with Crippen molar-refractivity contribution in [2.24, 2.45) is 0 Å². The highest BCUT2D eigenvalue weighted by Gasteiger charge is 2.10. The smallest absolute Gasteiger partial charge is 0.257 e. The minimum absolute atomic E-state index is 0.145. The Balaban J connectivity index is 2.21. The third kappa shape index (κ3) is 2.12. The number of carbonyl (C=O) groups is 1. The lowest BCUT2D eigenvalue weighted by molar-refractivity contribution is 0.102. The summed E-state index contributed by atoms with van der Waals surface area (Å²) in [6, 6.07) is 10.5. The van der Waals surface area contributed by atoms with Gasteiger partial charge in [-0.25, -0.2) is 0 Å². The van der Waals surface area contributed by atoms with Crippen LogP contribution in [-0.2, 0) is 6.61 Å². The minimum atomic E-state index is -0.230. The molecule has 0 atom stereocenters. The van der Waals surface area contributed by atoms with Crippen molar-refractivity contribution in [3.05, 3.63) is 53.7 Å². The molecule has 1 heterocycles. The number of H-pyrrole nitrogens is 1. The van der Waals surface area contributed by atoms with Gasteiger partial charge in [0, 0.05) is 11.8 Å². The van der Waals surface area contributed by atoms with Gasteiger partial charge in [-0.05, 0) is 23.8 Å². The first-order valence-electron chi connectivity index (χ1n) is 4.95. The number of aliphatic hydroxyl groups excluding tert-OH is 1. The van der Waals surface area contributed by atoms with Crippen LogP contribution >= 0.6 is 0 Å². The summed E-state index contributed by atoms with van der Waals surface area (Å²) in [7, 11) is 0. The van der Waals surface area contributed by atoms with Crippen molar-refractivity contribution >= 4 is 11.7 Å². The summed E-state index contributed by atoms with van der Waals surface area (Å²) in [6.07, 6.45) is 1.73. The SMILES string of the molecule is O=C(Nc1ccc[nH]1)c1ccccc1CO. The largest absolute Gasteiger partial charge is 0.392 e. The number of hydrogen-bond donors (Lipinski definition) is 3. The number of carbonyl (C=O) groups excluding carboxylic acids is 1. The fourth-order valence-electron chi connectivity index (χ4n) is 1.48. The molecule has 1 aromatic heterocycles. The van der Waals surface area contributed by atoms with E-state index in [1.54, 1.807) is 42.6 Å². The summed E-state index contributed by atoms with van der Waals surface area (Å²) >= 11 is 0. The van der Waals surface area contributed by atoms with Crippen LogP contribution in [0, 0.1) is 0 Å². The van der Waals surface area contributed by atoms with Crippen LogP contribution in [0.5, 0.6) is 0 Å². The summed E-state index contributed by atoms with van der Waals surface area (Å²) in [6.45, 7) is -0.145. The molecule has 0 radical (unpaired) electrons. The van der Waals surface area contributed by atoms with Gasteiger partial charge < -0.3 is 15.4 Å². The summed E-state index contributed by atoms with van der Waals surface area (Å²) in [5, 5.41) is 11.8. The van der Waals surface area contributed by atoms with Gasteiger partial charge in [0.1, 0.15) is 5.82 Å². The van der Waals surface area contributed by atoms with Crippen LogP contribution in [0.2, 0.25) is 0 Å². The normalized spacial score (nSPS) is 10.1. The zero-order valence-corrected chi connectivity index (χ0v) is 8.60. The molecule has 1 amide bonds. The van der Waals surface area contributed by atoms with E-state index in [2.05, 4.69) is 10.3 Å². The lowest BCUT2D eigenvalue weighted by Crippen LogP contribution is -2.14. The molecule has 0 unspecified atom stereocenters. The van der Waals surface area contributed by atoms with Gasteiger partial charge >= 0.3 is 0 Å². The maximum atomic E-state index is 11.8. The van der Waals surface area contributed by atoms with Crippen LogP contribution in [0.3, 0.4) is 0 Å². The number of hydrogen-bond acceptors (Lipinski definition) is 2. The van der Waals surface area contributed by atoms with Crippen LogP contribution in [0.15, 0.2) is 42.6 Å². The van der Waals surface area contributed by atoms with Gasteiger partial charge in [0.05, 0.1) is 6.61 Å². The van der Waals surface area contributed by atoms with Crippen molar-refractivity contribution in [3.63, 3.8) is 0 Å². The molecule has 1 aromatic carbocycles. The Morgan fingerprint density at radius 2 is 2.06 bits per heavy atom. The van der Waals surface area contributed by atoms with E-state index < -0.39 is 0 Å². The predicted octanol–water partition coefficient (Wildman–Crippen LogP) is 1.76. The van der Waals surface area contributed by atoms with Crippen molar-refractivity contribution < 1.29 is 9.90 Å². The van der Waals surface area contributed by atoms with Crippen LogP contribution in [0.25, 0.3) is 0 Å². The summed E-state index contributed by atoms with van der Waals surface area (Å²) in [4.78, 5) is 14.7. The Morgan fingerprint density at radius 3 is 2.75 bits per heavy atom. The molecule has 3 N–H and O–H groups in total. The molecule has 4 nitrogen and oxygen atoms in total. The molecule has 0 aliphatic heterocycles. The van der Waals surface area contributed by atoms with E-state index in [1.165, 1.54) is 0 Å². The molecule has 0 aliphatic rings. The number of aliphatic hydroxyl groups is 1. The summed E-state index contributed by atoms with van der Waals surface area (Å²) in [5.41, 5.74) is 1.10. The Labute approximate surface area is 92.9 Å². The third-order valence-electron chi connectivity index (χ3n) is 2.28. The van der Waals surface area contributed by atoms with Gasteiger partial charge in [-0.2, -0.15) is 0 Å². The van der Waals surface area contributed by atoms with Gasteiger partial charge in [0.15, 0.2) is 0 Å². The first-order chi connectivity index (χ1) is 7.81. The highest BCUT2D eigenvalue weighted by atomic mass is 16.3. The quantitative estimate of drug-likeness (QED) is 0.732. The molecule has 82 valence electrons. The van der Waals surface area contributed by atoms with Gasteiger partial charge in [0.25, 0.3) is 5.91 Å². The third-order valence-corrected chi connectivity index (χ3v) is 2.28. The number of aromatic amines is 1. The fourth-order valence-corrected chi connectivity index (χ4v) is 1.48. The Morgan fingerprint density at radius 1 is 1.25 bits per heavy atom. The second kappa shape index (κ2) is 4.63. The number of rotatable bonds is 3. The van der Waals surface area contributed by atoms with E-state index in [0.29, 0.717) is 16.9 Å². The Bertz CT molecular complexity index is 478. The zero-order valence-electron chi connectivity index (χ0n) is 8.60. The maximum absolute atomic E-state index is 11.8. The molecule has 2 rings (SSSR count). The van der Waals surface area contributed by atoms with Gasteiger partial charge in [-0.1, -0.05) is 18.2 Å². The lowest BCUT2D eigenvalue weighted by Gasteiger charge is -2.06. The highest BCUT2D eigenvalue weighted by molar-refractivity contribution is 6.04. The van der Waals surface area contributed by atoms with Crippen LogP contribution in [0.1, 0.15) is 15.9 Å². The number of nitrogens with one attached hydrogen (secondary N) is 2. The second-order valence-electron chi connectivity index (χ2n) is 3.35. The van der Waals surface area contributed by atoms with E-state index in [9.17, 15) is 4.79 Å². The van der Waals surface area contributed by atoms with Crippen molar-refractivity contribution in [1.29, 1.82) is 0 Å². The molecule has 16 heavy (non-hydrogen) atoms. The average molecular weight is 216 g/mol. The molecular weight excluding hydrogens is 204 g/mol. The second-order valence-corrected chi connectivity index (χ2v) is 3.35. The fraction of sp³-hybridized carbons (Fsp3) is 0.0833. The number of benzene rings is 1. The average Bonchev–Trinajstić information content (AvgIpc) is 2.81. The molecular formula is C12H12N2O2.